The molecular weight excluding hydrogens is 212 g/mol. The Morgan fingerprint density at radius 2 is 2.13 bits per heavy atom. The number of halogens is 1. The van der Waals surface area contributed by atoms with E-state index in [1.165, 1.54) is 19.3 Å². The zero-order valence-corrected chi connectivity index (χ0v) is 10.4. The summed E-state index contributed by atoms with van der Waals surface area (Å²) in [7, 11) is 0. The maximum Gasteiger partial charge on any atom is 0.321 e. The van der Waals surface area contributed by atoms with Crippen molar-refractivity contribution in [2.24, 2.45) is 16.7 Å². The summed E-state index contributed by atoms with van der Waals surface area (Å²) in [5.74, 6) is 0.395. The number of alkyl halides is 1. The van der Waals surface area contributed by atoms with Gasteiger partial charge >= 0.3 is 5.97 Å². The smallest absolute Gasteiger partial charge is 0.321 e. The van der Waals surface area contributed by atoms with Crippen LogP contribution < -0.4 is 0 Å². The molecule has 0 radical (unpaired) electrons. The van der Waals surface area contributed by atoms with E-state index in [-0.39, 0.29) is 28.8 Å². The van der Waals surface area contributed by atoms with Crippen molar-refractivity contribution in [1.29, 1.82) is 0 Å². The highest BCUT2D eigenvalue weighted by molar-refractivity contribution is 6.26. The lowest BCUT2D eigenvalue weighted by molar-refractivity contribution is -0.161. The van der Waals surface area contributed by atoms with Gasteiger partial charge in [-0.1, -0.05) is 20.8 Å². The molecule has 0 N–H and O–H groups in total. The van der Waals surface area contributed by atoms with E-state index >= 15 is 0 Å². The number of carbonyl (C=O) groups is 1. The van der Waals surface area contributed by atoms with Crippen LogP contribution in [0, 0.1) is 16.7 Å². The van der Waals surface area contributed by atoms with Crippen molar-refractivity contribution < 1.29 is 9.53 Å². The zero-order chi connectivity index (χ0) is 11.3. The summed E-state index contributed by atoms with van der Waals surface area (Å²) in [5, 5.41) is 0. The Morgan fingerprint density at radius 1 is 1.47 bits per heavy atom. The average molecular weight is 231 g/mol. The van der Waals surface area contributed by atoms with Gasteiger partial charge < -0.3 is 4.74 Å². The minimum Gasteiger partial charge on any atom is -0.460 e. The number of fused-ring (bicyclic) bond motifs is 2. The van der Waals surface area contributed by atoms with Gasteiger partial charge in [0.25, 0.3) is 0 Å². The van der Waals surface area contributed by atoms with Crippen LogP contribution in [0.15, 0.2) is 0 Å². The van der Waals surface area contributed by atoms with E-state index in [1.54, 1.807) is 0 Å². The molecule has 15 heavy (non-hydrogen) atoms. The lowest BCUT2D eigenvalue weighted by Crippen LogP contribution is -2.43. The van der Waals surface area contributed by atoms with Crippen LogP contribution in [0.25, 0.3) is 0 Å². The summed E-state index contributed by atoms with van der Waals surface area (Å²) < 4.78 is 5.54. The molecule has 2 fully saturated rings. The second kappa shape index (κ2) is 3.38. The molecule has 2 saturated carbocycles. The van der Waals surface area contributed by atoms with Gasteiger partial charge in [0, 0.05) is 10.8 Å². The highest BCUT2D eigenvalue weighted by Crippen LogP contribution is 2.63. The SMILES string of the molecule is CC12CCC(C1)C(C)(C)C2OC(=O)CCl. The predicted molar refractivity (Wildman–Crippen MR) is 59.8 cm³/mol. The van der Waals surface area contributed by atoms with E-state index in [2.05, 4.69) is 20.8 Å². The summed E-state index contributed by atoms with van der Waals surface area (Å²) in [5.41, 5.74) is 0.310. The maximum atomic E-state index is 11.3. The molecule has 0 amide bonds. The molecule has 0 aliphatic heterocycles. The Morgan fingerprint density at radius 3 is 2.60 bits per heavy atom. The molecule has 2 nitrogen and oxygen atoms in total. The Hall–Kier alpha value is -0.240. The lowest BCUT2D eigenvalue weighted by atomic mass is 9.70. The molecule has 86 valence electrons. The van der Waals surface area contributed by atoms with E-state index in [1.807, 2.05) is 0 Å². The Labute approximate surface area is 96.3 Å². The van der Waals surface area contributed by atoms with Gasteiger partial charge in [-0.05, 0) is 25.2 Å². The van der Waals surface area contributed by atoms with Crippen molar-refractivity contribution in [3.05, 3.63) is 0 Å². The first kappa shape index (κ1) is 11.3. The molecule has 2 aliphatic rings. The molecule has 2 bridgehead atoms. The molecular formula is C12H19ClO2. The van der Waals surface area contributed by atoms with Crippen LogP contribution in [0.3, 0.4) is 0 Å². The van der Waals surface area contributed by atoms with Gasteiger partial charge in [-0.25, -0.2) is 0 Å². The van der Waals surface area contributed by atoms with Crippen molar-refractivity contribution in [2.45, 2.75) is 46.1 Å². The Balaban J connectivity index is 2.19. The normalized spacial score (nSPS) is 41.9. The van der Waals surface area contributed by atoms with E-state index in [9.17, 15) is 4.79 Å². The molecule has 0 aromatic carbocycles. The molecule has 3 unspecified atom stereocenters. The first-order chi connectivity index (χ1) is 6.90. The molecule has 0 heterocycles. The number of ether oxygens (including phenoxy) is 1. The minimum absolute atomic E-state index is 0.0344. The van der Waals surface area contributed by atoms with Crippen LogP contribution in [0.1, 0.15) is 40.0 Å². The monoisotopic (exact) mass is 230 g/mol. The van der Waals surface area contributed by atoms with E-state index in [0.717, 1.165) is 0 Å². The van der Waals surface area contributed by atoms with Gasteiger partial charge in [-0.3, -0.25) is 4.79 Å². The van der Waals surface area contributed by atoms with Gasteiger partial charge in [0.15, 0.2) is 0 Å². The van der Waals surface area contributed by atoms with Crippen LogP contribution >= 0.6 is 11.6 Å². The number of esters is 1. The highest BCUT2D eigenvalue weighted by atomic mass is 35.5. The summed E-state index contributed by atoms with van der Waals surface area (Å²) >= 11 is 5.50. The highest BCUT2D eigenvalue weighted by Gasteiger charge is 2.61. The summed E-state index contributed by atoms with van der Waals surface area (Å²) in [4.78, 5) is 11.3. The number of hydrogen-bond donors (Lipinski definition) is 0. The molecule has 2 aliphatic carbocycles. The van der Waals surface area contributed by atoms with Gasteiger partial charge in [-0.2, -0.15) is 0 Å². The summed E-state index contributed by atoms with van der Waals surface area (Å²) in [6, 6.07) is 0. The van der Waals surface area contributed by atoms with Crippen LogP contribution in [0.4, 0.5) is 0 Å². The van der Waals surface area contributed by atoms with E-state index in [4.69, 9.17) is 16.3 Å². The fourth-order valence-electron chi connectivity index (χ4n) is 3.71. The number of rotatable bonds is 2. The molecule has 0 aromatic rings. The first-order valence-corrected chi connectivity index (χ1v) is 6.19. The van der Waals surface area contributed by atoms with Gasteiger partial charge in [-0.15, -0.1) is 11.6 Å². The number of hydrogen-bond acceptors (Lipinski definition) is 2. The van der Waals surface area contributed by atoms with Crippen molar-refractivity contribution in [3.63, 3.8) is 0 Å². The van der Waals surface area contributed by atoms with Crippen LogP contribution in [0.5, 0.6) is 0 Å². The van der Waals surface area contributed by atoms with E-state index in [0.29, 0.717) is 5.92 Å². The molecule has 2 rings (SSSR count). The molecule has 0 aromatic heterocycles. The topological polar surface area (TPSA) is 26.3 Å². The fourth-order valence-corrected chi connectivity index (χ4v) is 3.78. The van der Waals surface area contributed by atoms with Crippen molar-refractivity contribution in [3.8, 4) is 0 Å². The number of carbonyl (C=O) groups excluding carboxylic acids is 1. The average Bonchev–Trinajstić information content (AvgIpc) is 2.63. The van der Waals surface area contributed by atoms with Crippen LogP contribution in [-0.4, -0.2) is 18.0 Å². The molecule has 0 saturated heterocycles. The van der Waals surface area contributed by atoms with Gasteiger partial charge in [0.1, 0.15) is 12.0 Å². The quantitative estimate of drug-likeness (QED) is 0.539. The molecule has 3 atom stereocenters. The van der Waals surface area contributed by atoms with Crippen molar-refractivity contribution in [1.82, 2.24) is 0 Å². The summed E-state index contributed by atoms with van der Waals surface area (Å²) in [6.45, 7) is 6.68. The fraction of sp³-hybridized carbons (Fsp3) is 0.917. The predicted octanol–water partition coefficient (Wildman–Crippen LogP) is 2.98. The van der Waals surface area contributed by atoms with Gasteiger partial charge in [0.2, 0.25) is 0 Å². The molecule has 0 spiro atoms. The van der Waals surface area contributed by atoms with Crippen molar-refractivity contribution >= 4 is 17.6 Å². The lowest BCUT2D eigenvalue weighted by Gasteiger charge is -2.41. The van der Waals surface area contributed by atoms with Gasteiger partial charge in [0.05, 0.1) is 0 Å². The largest absolute Gasteiger partial charge is 0.460 e. The Bertz CT molecular complexity index is 283. The third kappa shape index (κ3) is 1.57. The Kier molecular flexibility index (Phi) is 2.53. The van der Waals surface area contributed by atoms with E-state index < -0.39 is 0 Å². The first-order valence-electron chi connectivity index (χ1n) is 5.65. The van der Waals surface area contributed by atoms with Crippen LogP contribution in [0.2, 0.25) is 0 Å². The van der Waals surface area contributed by atoms with Crippen molar-refractivity contribution in [2.75, 3.05) is 5.88 Å². The third-order valence-corrected chi connectivity index (χ3v) is 4.71. The zero-order valence-electron chi connectivity index (χ0n) is 9.68. The summed E-state index contributed by atoms with van der Waals surface area (Å²) in [6.07, 6.45) is 3.70. The minimum atomic E-state index is -0.275. The molecule has 3 heteroatoms. The standard InChI is InChI=1S/C12H19ClO2/c1-11(2)8-4-5-12(3,6-8)10(11)15-9(14)7-13/h8,10H,4-7H2,1-3H3. The van der Waals surface area contributed by atoms with Crippen LogP contribution in [-0.2, 0) is 9.53 Å². The second-order valence-electron chi connectivity index (χ2n) is 5.92. The second-order valence-corrected chi connectivity index (χ2v) is 6.19. The maximum absolute atomic E-state index is 11.3. The third-order valence-electron chi connectivity index (χ3n) is 4.50.